The van der Waals surface area contributed by atoms with E-state index in [1.54, 1.807) is 0 Å². The number of hydrogen-bond donors (Lipinski definition) is 0. The predicted octanol–water partition coefficient (Wildman–Crippen LogP) is 5.83. The van der Waals surface area contributed by atoms with E-state index < -0.39 is 5.60 Å². The van der Waals surface area contributed by atoms with Gasteiger partial charge in [-0.05, 0) is 39.0 Å². The summed E-state index contributed by atoms with van der Waals surface area (Å²) in [4.78, 5) is 17.0. The molecule has 5 heteroatoms. The molecule has 0 aromatic carbocycles. The number of ether oxygens (including phenoxy) is 1. The van der Waals surface area contributed by atoms with Crippen molar-refractivity contribution in [2.45, 2.75) is 110 Å². The molecule has 0 spiro atoms. The molecule has 0 aliphatic heterocycles. The topological polar surface area (TPSA) is 65.2 Å². The fourth-order valence-electron chi connectivity index (χ4n) is 3.91. The van der Waals surface area contributed by atoms with E-state index in [1.807, 2.05) is 20.8 Å². The van der Waals surface area contributed by atoms with E-state index in [4.69, 9.17) is 9.26 Å². The van der Waals surface area contributed by atoms with Crippen LogP contribution in [0.3, 0.4) is 0 Å². The maximum Gasteiger partial charge on any atom is 0.307 e. The standard InChI is InChI=1S/C22H38N2O3/c1-16(2)14-19-23-21(27-24-19)18(15-20(25)26-22(3,4)5)13-9-12-17-10-7-6-8-11-17/h16-18H,6-15H2,1-5H3/t18-/m1/s1. The monoisotopic (exact) mass is 378 g/mol. The summed E-state index contributed by atoms with van der Waals surface area (Å²) in [5.41, 5.74) is -0.471. The second-order valence-corrected chi connectivity index (χ2v) is 9.57. The average molecular weight is 379 g/mol. The van der Waals surface area contributed by atoms with Crippen molar-refractivity contribution in [3.63, 3.8) is 0 Å². The zero-order valence-corrected chi connectivity index (χ0v) is 17.9. The van der Waals surface area contributed by atoms with E-state index in [1.165, 1.54) is 38.5 Å². The van der Waals surface area contributed by atoms with Crippen LogP contribution in [0.25, 0.3) is 0 Å². The maximum atomic E-state index is 12.4. The fourth-order valence-corrected chi connectivity index (χ4v) is 3.91. The lowest BCUT2D eigenvalue weighted by molar-refractivity contribution is -0.155. The van der Waals surface area contributed by atoms with Gasteiger partial charge in [-0.1, -0.05) is 63.9 Å². The van der Waals surface area contributed by atoms with Gasteiger partial charge in [0.25, 0.3) is 0 Å². The Labute approximate surface area is 164 Å². The Bertz CT molecular complexity index is 568. The molecule has 0 bridgehead atoms. The van der Waals surface area contributed by atoms with Gasteiger partial charge < -0.3 is 9.26 Å². The van der Waals surface area contributed by atoms with Crippen LogP contribution >= 0.6 is 0 Å². The summed E-state index contributed by atoms with van der Waals surface area (Å²) in [6.45, 7) is 9.97. The molecular formula is C22H38N2O3. The lowest BCUT2D eigenvalue weighted by Gasteiger charge is -2.23. The highest BCUT2D eigenvalue weighted by Crippen LogP contribution is 2.31. The normalized spacial score (nSPS) is 17.3. The summed E-state index contributed by atoms with van der Waals surface area (Å²) in [7, 11) is 0. The van der Waals surface area contributed by atoms with Gasteiger partial charge in [0.15, 0.2) is 5.82 Å². The van der Waals surface area contributed by atoms with E-state index >= 15 is 0 Å². The first-order valence-electron chi connectivity index (χ1n) is 10.8. The summed E-state index contributed by atoms with van der Waals surface area (Å²) in [5, 5.41) is 4.12. The molecule has 0 radical (unpaired) electrons. The third-order valence-electron chi connectivity index (χ3n) is 5.15. The molecule has 1 heterocycles. The number of rotatable bonds is 9. The molecule has 27 heavy (non-hydrogen) atoms. The minimum atomic E-state index is -0.471. The maximum absolute atomic E-state index is 12.4. The number of aromatic nitrogens is 2. The second-order valence-electron chi connectivity index (χ2n) is 9.57. The second kappa shape index (κ2) is 10.2. The number of esters is 1. The molecule has 1 aliphatic carbocycles. The van der Waals surface area contributed by atoms with Gasteiger partial charge in [-0.25, -0.2) is 0 Å². The van der Waals surface area contributed by atoms with Crippen molar-refractivity contribution in [2.75, 3.05) is 0 Å². The van der Waals surface area contributed by atoms with E-state index in [0.29, 0.717) is 18.2 Å². The van der Waals surface area contributed by atoms with E-state index in [9.17, 15) is 4.79 Å². The summed E-state index contributed by atoms with van der Waals surface area (Å²) >= 11 is 0. The van der Waals surface area contributed by atoms with Gasteiger partial charge in [0.1, 0.15) is 5.60 Å². The highest BCUT2D eigenvalue weighted by Gasteiger charge is 2.26. The Kier molecular flexibility index (Phi) is 8.30. The lowest BCUT2D eigenvalue weighted by Crippen LogP contribution is -2.25. The first kappa shape index (κ1) is 21.9. The molecule has 0 unspecified atom stereocenters. The van der Waals surface area contributed by atoms with Crippen molar-refractivity contribution in [1.82, 2.24) is 10.1 Å². The first-order valence-corrected chi connectivity index (χ1v) is 10.8. The Morgan fingerprint density at radius 1 is 1.22 bits per heavy atom. The van der Waals surface area contributed by atoms with Crippen molar-refractivity contribution in [3.8, 4) is 0 Å². The molecular weight excluding hydrogens is 340 g/mol. The Morgan fingerprint density at radius 2 is 1.93 bits per heavy atom. The van der Waals surface area contributed by atoms with Crippen molar-refractivity contribution < 1.29 is 14.1 Å². The minimum Gasteiger partial charge on any atom is -0.460 e. The van der Waals surface area contributed by atoms with E-state index in [0.717, 1.165) is 31.0 Å². The summed E-state index contributed by atoms with van der Waals surface area (Å²) < 4.78 is 11.1. The third-order valence-corrected chi connectivity index (χ3v) is 5.15. The Hall–Kier alpha value is -1.39. The number of nitrogens with zero attached hydrogens (tertiary/aromatic N) is 2. The highest BCUT2D eigenvalue weighted by molar-refractivity contribution is 5.70. The zero-order valence-electron chi connectivity index (χ0n) is 17.9. The van der Waals surface area contributed by atoms with Crippen LogP contribution < -0.4 is 0 Å². The Morgan fingerprint density at radius 3 is 2.56 bits per heavy atom. The van der Waals surface area contributed by atoms with Gasteiger partial charge in [-0.15, -0.1) is 0 Å². The largest absolute Gasteiger partial charge is 0.460 e. The van der Waals surface area contributed by atoms with Crippen LogP contribution in [-0.2, 0) is 16.0 Å². The molecule has 0 amide bonds. The molecule has 2 rings (SSSR count). The van der Waals surface area contributed by atoms with Gasteiger partial charge >= 0.3 is 5.97 Å². The third kappa shape index (κ3) is 8.44. The molecule has 0 saturated heterocycles. The molecule has 0 N–H and O–H groups in total. The SMILES string of the molecule is CC(C)Cc1noc([C@H](CCCC2CCCCC2)CC(=O)OC(C)(C)C)n1. The first-order chi connectivity index (χ1) is 12.7. The fraction of sp³-hybridized carbons (Fsp3) is 0.864. The van der Waals surface area contributed by atoms with E-state index in [2.05, 4.69) is 24.0 Å². The highest BCUT2D eigenvalue weighted by atomic mass is 16.6. The van der Waals surface area contributed by atoms with Crippen LogP contribution in [0.1, 0.15) is 110 Å². The molecule has 1 saturated carbocycles. The van der Waals surface area contributed by atoms with Crippen LogP contribution in [0.15, 0.2) is 4.52 Å². The molecule has 1 aromatic heterocycles. The molecule has 1 aliphatic rings. The van der Waals surface area contributed by atoms with Gasteiger partial charge in [0.05, 0.1) is 6.42 Å². The van der Waals surface area contributed by atoms with Crippen LogP contribution in [0, 0.1) is 11.8 Å². The number of carbonyl (C=O) groups is 1. The quantitative estimate of drug-likeness (QED) is 0.505. The lowest BCUT2D eigenvalue weighted by atomic mass is 9.84. The van der Waals surface area contributed by atoms with Gasteiger partial charge in [0, 0.05) is 12.3 Å². The van der Waals surface area contributed by atoms with Crippen molar-refractivity contribution in [2.24, 2.45) is 11.8 Å². The molecule has 5 nitrogen and oxygen atoms in total. The summed E-state index contributed by atoms with van der Waals surface area (Å²) in [6, 6.07) is 0. The summed E-state index contributed by atoms with van der Waals surface area (Å²) in [6.07, 6.45) is 11.2. The van der Waals surface area contributed by atoms with Gasteiger partial charge in [-0.2, -0.15) is 4.98 Å². The van der Waals surface area contributed by atoms with Crippen LogP contribution in [0.2, 0.25) is 0 Å². The van der Waals surface area contributed by atoms with Crippen LogP contribution in [-0.4, -0.2) is 21.7 Å². The summed E-state index contributed by atoms with van der Waals surface area (Å²) in [5.74, 6) is 2.43. The molecule has 1 aromatic rings. The predicted molar refractivity (Wildman–Crippen MR) is 106 cm³/mol. The zero-order chi connectivity index (χ0) is 19.9. The van der Waals surface area contributed by atoms with Gasteiger partial charge in [0.2, 0.25) is 5.89 Å². The smallest absolute Gasteiger partial charge is 0.307 e. The minimum absolute atomic E-state index is 0.0446. The van der Waals surface area contributed by atoms with Gasteiger partial charge in [-0.3, -0.25) is 4.79 Å². The van der Waals surface area contributed by atoms with Crippen LogP contribution in [0.4, 0.5) is 0 Å². The van der Waals surface area contributed by atoms with Crippen LogP contribution in [0.5, 0.6) is 0 Å². The average Bonchev–Trinajstić information content (AvgIpc) is 3.01. The number of carbonyl (C=O) groups excluding carboxylic acids is 1. The molecule has 154 valence electrons. The molecule has 1 fully saturated rings. The van der Waals surface area contributed by atoms with Crippen molar-refractivity contribution in [1.29, 1.82) is 0 Å². The number of hydrogen-bond acceptors (Lipinski definition) is 5. The van der Waals surface area contributed by atoms with Crippen molar-refractivity contribution >= 4 is 5.97 Å². The molecule has 1 atom stereocenters. The van der Waals surface area contributed by atoms with E-state index in [-0.39, 0.29) is 11.9 Å². The Balaban J connectivity index is 1.96. The van der Waals surface area contributed by atoms with Crippen molar-refractivity contribution in [3.05, 3.63) is 11.7 Å².